The van der Waals surface area contributed by atoms with Crippen molar-refractivity contribution >= 4 is 23.2 Å². The van der Waals surface area contributed by atoms with Gasteiger partial charge in [-0.25, -0.2) is 4.39 Å². The van der Waals surface area contributed by atoms with Crippen molar-refractivity contribution in [2.45, 2.75) is 18.9 Å². The normalized spacial score (nSPS) is 19.6. The first-order valence-electron chi connectivity index (χ1n) is 6.20. The number of amides is 1. The Balaban J connectivity index is 1.81. The van der Waals surface area contributed by atoms with E-state index in [-0.39, 0.29) is 24.1 Å². The largest absolute Gasteiger partial charge is 0.392 e. The highest BCUT2D eigenvalue weighted by Crippen LogP contribution is 2.19. The Morgan fingerprint density at radius 3 is 3.00 bits per heavy atom. The standard InChI is InChI=1S/C13H16ClFN2O2/c14-9-1-2-12(11(15)7-9)16-13(19)4-6-17-5-3-10(18)8-17/h1-2,7,10,18H,3-6,8H2,(H,16,19)/t10-/m0/s1. The predicted molar refractivity (Wildman–Crippen MR) is 71.7 cm³/mol. The van der Waals surface area contributed by atoms with E-state index in [1.807, 2.05) is 4.90 Å². The van der Waals surface area contributed by atoms with Gasteiger partial charge in [-0.15, -0.1) is 0 Å². The summed E-state index contributed by atoms with van der Waals surface area (Å²) >= 11 is 5.63. The second-order valence-electron chi connectivity index (χ2n) is 4.67. The fraction of sp³-hybridized carbons (Fsp3) is 0.462. The molecule has 2 rings (SSSR count). The van der Waals surface area contributed by atoms with E-state index in [1.54, 1.807) is 0 Å². The Morgan fingerprint density at radius 1 is 1.58 bits per heavy atom. The lowest BCUT2D eigenvalue weighted by Gasteiger charge is -2.14. The third-order valence-electron chi connectivity index (χ3n) is 3.11. The monoisotopic (exact) mass is 286 g/mol. The number of hydrogen-bond acceptors (Lipinski definition) is 3. The summed E-state index contributed by atoms with van der Waals surface area (Å²) < 4.78 is 13.5. The molecule has 19 heavy (non-hydrogen) atoms. The lowest BCUT2D eigenvalue weighted by molar-refractivity contribution is -0.116. The molecule has 2 N–H and O–H groups in total. The van der Waals surface area contributed by atoms with Gasteiger partial charge in [0, 0.05) is 31.1 Å². The Morgan fingerprint density at radius 2 is 2.37 bits per heavy atom. The first-order chi connectivity index (χ1) is 9.04. The number of aliphatic hydroxyl groups excluding tert-OH is 1. The maximum absolute atomic E-state index is 13.5. The Labute approximate surface area is 116 Å². The van der Waals surface area contributed by atoms with Crippen molar-refractivity contribution in [3.63, 3.8) is 0 Å². The molecule has 1 amide bonds. The molecule has 0 aromatic heterocycles. The van der Waals surface area contributed by atoms with Crippen LogP contribution in [0.15, 0.2) is 18.2 Å². The van der Waals surface area contributed by atoms with Crippen LogP contribution in [-0.2, 0) is 4.79 Å². The van der Waals surface area contributed by atoms with E-state index in [0.717, 1.165) is 19.0 Å². The van der Waals surface area contributed by atoms with E-state index in [9.17, 15) is 14.3 Å². The Kier molecular flexibility index (Phi) is 4.74. The van der Waals surface area contributed by atoms with Crippen LogP contribution in [0.2, 0.25) is 5.02 Å². The molecule has 0 aliphatic carbocycles. The highest BCUT2D eigenvalue weighted by atomic mass is 35.5. The molecule has 0 saturated carbocycles. The van der Waals surface area contributed by atoms with Crippen LogP contribution in [0.4, 0.5) is 10.1 Å². The van der Waals surface area contributed by atoms with Crippen LogP contribution in [-0.4, -0.2) is 41.7 Å². The van der Waals surface area contributed by atoms with Gasteiger partial charge in [-0.05, 0) is 24.6 Å². The third kappa shape index (κ3) is 4.16. The summed E-state index contributed by atoms with van der Waals surface area (Å²) in [4.78, 5) is 13.7. The van der Waals surface area contributed by atoms with E-state index in [0.29, 0.717) is 18.1 Å². The van der Waals surface area contributed by atoms with Crippen LogP contribution in [0.5, 0.6) is 0 Å². The van der Waals surface area contributed by atoms with Crippen LogP contribution in [0.1, 0.15) is 12.8 Å². The molecule has 1 saturated heterocycles. The molecule has 1 aromatic rings. The van der Waals surface area contributed by atoms with Gasteiger partial charge in [0.05, 0.1) is 11.8 Å². The topological polar surface area (TPSA) is 52.6 Å². The third-order valence-corrected chi connectivity index (χ3v) is 3.34. The summed E-state index contributed by atoms with van der Waals surface area (Å²) in [5, 5.41) is 12.2. The maximum atomic E-state index is 13.5. The van der Waals surface area contributed by atoms with Gasteiger partial charge in [0.15, 0.2) is 0 Å². The number of carbonyl (C=O) groups excluding carboxylic acids is 1. The summed E-state index contributed by atoms with van der Waals surface area (Å²) in [6, 6.07) is 4.13. The first kappa shape index (κ1) is 14.2. The van der Waals surface area contributed by atoms with Crippen molar-refractivity contribution in [2.24, 2.45) is 0 Å². The van der Waals surface area contributed by atoms with Gasteiger partial charge in [-0.1, -0.05) is 11.6 Å². The highest BCUT2D eigenvalue weighted by molar-refractivity contribution is 6.30. The lowest BCUT2D eigenvalue weighted by atomic mass is 10.3. The molecule has 104 valence electrons. The van der Waals surface area contributed by atoms with Gasteiger partial charge >= 0.3 is 0 Å². The van der Waals surface area contributed by atoms with E-state index in [4.69, 9.17) is 11.6 Å². The number of rotatable bonds is 4. The quantitative estimate of drug-likeness (QED) is 0.888. The summed E-state index contributed by atoms with van der Waals surface area (Å²) in [5.41, 5.74) is 0.135. The van der Waals surface area contributed by atoms with Crippen molar-refractivity contribution in [2.75, 3.05) is 25.0 Å². The van der Waals surface area contributed by atoms with Gasteiger partial charge in [-0.3, -0.25) is 4.79 Å². The van der Waals surface area contributed by atoms with Gasteiger partial charge in [0.2, 0.25) is 5.91 Å². The van der Waals surface area contributed by atoms with Crippen LogP contribution in [0, 0.1) is 5.82 Å². The fourth-order valence-electron chi connectivity index (χ4n) is 2.08. The number of β-amino-alcohol motifs (C(OH)–C–C–N with tert-alkyl or cyclic N) is 1. The van der Waals surface area contributed by atoms with E-state index in [1.165, 1.54) is 12.1 Å². The number of nitrogens with one attached hydrogen (secondary N) is 1. The van der Waals surface area contributed by atoms with Crippen molar-refractivity contribution in [3.05, 3.63) is 29.0 Å². The number of benzene rings is 1. The highest BCUT2D eigenvalue weighted by Gasteiger charge is 2.20. The molecule has 4 nitrogen and oxygen atoms in total. The molecule has 0 radical (unpaired) electrons. The summed E-state index contributed by atoms with van der Waals surface area (Å²) in [5.74, 6) is -0.792. The molecule has 0 spiro atoms. The number of hydrogen-bond donors (Lipinski definition) is 2. The van der Waals surface area contributed by atoms with E-state index in [2.05, 4.69) is 5.32 Å². The zero-order chi connectivity index (χ0) is 13.8. The van der Waals surface area contributed by atoms with Crippen molar-refractivity contribution < 1.29 is 14.3 Å². The molecule has 1 fully saturated rings. The number of anilines is 1. The molecule has 1 aliphatic rings. The zero-order valence-electron chi connectivity index (χ0n) is 10.4. The van der Waals surface area contributed by atoms with Crippen LogP contribution < -0.4 is 5.32 Å². The van der Waals surface area contributed by atoms with Gasteiger partial charge in [0.1, 0.15) is 5.82 Å². The lowest BCUT2D eigenvalue weighted by Crippen LogP contribution is -2.26. The van der Waals surface area contributed by atoms with Crippen LogP contribution in [0.3, 0.4) is 0 Å². The fourth-order valence-corrected chi connectivity index (χ4v) is 2.24. The van der Waals surface area contributed by atoms with E-state index >= 15 is 0 Å². The Bertz CT molecular complexity index is 470. The molecule has 6 heteroatoms. The summed E-state index contributed by atoms with van der Waals surface area (Å²) in [7, 11) is 0. The van der Waals surface area contributed by atoms with Crippen molar-refractivity contribution in [3.8, 4) is 0 Å². The molecular formula is C13H16ClFN2O2. The minimum atomic E-state index is -0.544. The molecule has 1 heterocycles. The Hall–Kier alpha value is -1.17. The SMILES string of the molecule is O=C(CCN1CC[C@H](O)C1)Nc1ccc(Cl)cc1F. The second kappa shape index (κ2) is 6.32. The van der Waals surface area contributed by atoms with Gasteiger partial charge in [0.25, 0.3) is 0 Å². The van der Waals surface area contributed by atoms with Crippen molar-refractivity contribution in [1.29, 1.82) is 0 Å². The molecule has 0 bridgehead atoms. The first-order valence-corrected chi connectivity index (χ1v) is 6.58. The maximum Gasteiger partial charge on any atom is 0.225 e. The average molecular weight is 287 g/mol. The summed E-state index contributed by atoms with van der Waals surface area (Å²) in [6.07, 6.45) is 0.721. The molecule has 0 unspecified atom stereocenters. The number of halogens is 2. The second-order valence-corrected chi connectivity index (χ2v) is 5.10. The molecule has 1 atom stereocenters. The number of likely N-dealkylation sites (tertiary alicyclic amines) is 1. The van der Waals surface area contributed by atoms with Gasteiger partial charge < -0.3 is 15.3 Å². The molecule has 1 aliphatic heterocycles. The smallest absolute Gasteiger partial charge is 0.225 e. The molecular weight excluding hydrogens is 271 g/mol. The minimum absolute atomic E-state index is 0.135. The zero-order valence-corrected chi connectivity index (χ0v) is 11.2. The minimum Gasteiger partial charge on any atom is -0.392 e. The van der Waals surface area contributed by atoms with Crippen LogP contribution >= 0.6 is 11.6 Å². The molecule has 1 aromatic carbocycles. The van der Waals surface area contributed by atoms with E-state index < -0.39 is 5.82 Å². The van der Waals surface area contributed by atoms with Crippen LogP contribution in [0.25, 0.3) is 0 Å². The number of aliphatic hydroxyl groups is 1. The summed E-state index contributed by atoms with van der Waals surface area (Å²) in [6.45, 7) is 1.96. The number of nitrogens with zero attached hydrogens (tertiary/aromatic N) is 1. The number of carbonyl (C=O) groups is 1. The predicted octanol–water partition coefficient (Wildman–Crippen LogP) is 1.87. The van der Waals surface area contributed by atoms with Crippen molar-refractivity contribution in [1.82, 2.24) is 4.90 Å². The van der Waals surface area contributed by atoms with Gasteiger partial charge in [-0.2, -0.15) is 0 Å². The average Bonchev–Trinajstić information content (AvgIpc) is 2.76.